The number of H-pyrrole nitrogens is 1. The molecule has 9 rings (SSSR count). The van der Waals surface area contributed by atoms with Gasteiger partial charge in [-0.15, -0.1) is 0 Å². The molecule has 1 aliphatic carbocycles. The van der Waals surface area contributed by atoms with E-state index in [4.69, 9.17) is 14.2 Å². The maximum atomic E-state index is 14.4. The Bertz CT molecular complexity index is 2230. The van der Waals surface area contributed by atoms with Gasteiger partial charge in [0.2, 0.25) is 5.60 Å². The lowest BCUT2D eigenvalue weighted by Gasteiger charge is -2.63. The fourth-order valence-electron chi connectivity index (χ4n) is 13.2. The number of fused-ring (bicyclic) bond motifs is 6. The molecule has 12 nitrogen and oxygen atoms in total. The molecule has 58 heavy (non-hydrogen) atoms. The van der Waals surface area contributed by atoms with Gasteiger partial charge >= 0.3 is 11.9 Å². The molecule has 0 radical (unpaired) electrons. The van der Waals surface area contributed by atoms with Crippen molar-refractivity contribution in [3.8, 4) is 0 Å². The van der Waals surface area contributed by atoms with Crippen LogP contribution in [0.25, 0.3) is 10.9 Å². The van der Waals surface area contributed by atoms with Gasteiger partial charge in [-0.05, 0) is 79.0 Å². The van der Waals surface area contributed by atoms with Gasteiger partial charge < -0.3 is 34.3 Å². The summed E-state index contributed by atoms with van der Waals surface area (Å²) in [6.45, 7) is 9.82. The second-order valence-corrected chi connectivity index (χ2v) is 17.7. The molecule has 2 fully saturated rings. The van der Waals surface area contributed by atoms with Crippen molar-refractivity contribution in [3.05, 3.63) is 88.1 Å². The number of rotatable bonds is 9. The number of aromatic nitrogens is 1. The number of hydrogen-bond donors (Lipinski definition) is 3. The standard InChI is InChI=1S/C46H56N4O8/c1-6-29-19-30-22-44(26-57-27-52,38-33(13-17-49(23-29)24-30)32-11-8-9-12-36(32)47-38)34-21-35-37(20-31(34)25-51)48(4)40-45(35)15-18-50-16-10-14-43(7-2,39(45)50)41(58-28(3)53)46(40,55)42(54)56-5/h8-12,14,19-21,27,30,39-41,47,51,55H,6-7,13,15-18,22-26H2,1-5H3/t30?,39-,40+,41+,43+,44-,45+,46?/m0/s1. The number of nitrogens with one attached hydrogen (secondary N) is 1. The summed E-state index contributed by atoms with van der Waals surface area (Å²) in [6, 6.07) is 11.4. The van der Waals surface area contributed by atoms with E-state index in [1.54, 1.807) is 0 Å². The second kappa shape index (κ2) is 14.1. The molecule has 6 heterocycles. The highest BCUT2D eigenvalue weighted by atomic mass is 16.6. The molecule has 2 aromatic carbocycles. The van der Waals surface area contributed by atoms with E-state index in [1.807, 2.05) is 31.0 Å². The fraction of sp³-hybridized carbons (Fsp3) is 0.543. The van der Waals surface area contributed by atoms with Crippen LogP contribution in [0.4, 0.5) is 5.69 Å². The van der Waals surface area contributed by atoms with E-state index >= 15 is 0 Å². The minimum absolute atomic E-state index is 0.0397. The largest absolute Gasteiger partial charge is 0.467 e. The predicted octanol–water partition coefficient (Wildman–Crippen LogP) is 4.28. The number of carbonyl (C=O) groups excluding carboxylic acids is 3. The van der Waals surface area contributed by atoms with E-state index in [-0.39, 0.29) is 25.2 Å². The topological polar surface area (TPSA) is 145 Å². The molecule has 6 aliphatic rings. The van der Waals surface area contributed by atoms with Crippen molar-refractivity contribution < 1.29 is 38.8 Å². The summed E-state index contributed by atoms with van der Waals surface area (Å²) in [5.74, 6) is -1.33. The number of esters is 2. The van der Waals surface area contributed by atoms with Crippen molar-refractivity contribution in [2.45, 2.75) is 94.1 Å². The first-order chi connectivity index (χ1) is 28.0. The summed E-state index contributed by atoms with van der Waals surface area (Å²) in [6.07, 6.45) is 8.75. The fourth-order valence-corrected chi connectivity index (χ4v) is 13.2. The zero-order valence-corrected chi connectivity index (χ0v) is 34.3. The molecule has 2 bridgehead atoms. The Kier molecular flexibility index (Phi) is 9.46. The Hall–Kier alpha value is -4.49. The summed E-state index contributed by atoms with van der Waals surface area (Å²) >= 11 is 0. The van der Waals surface area contributed by atoms with Crippen molar-refractivity contribution >= 4 is 35.0 Å². The van der Waals surface area contributed by atoms with Gasteiger partial charge in [-0.1, -0.05) is 61.9 Å². The molecule has 1 saturated carbocycles. The van der Waals surface area contributed by atoms with Crippen LogP contribution in [0.5, 0.6) is 0 Å². The van der Waals surface area contributed by atoms with Crippen molar-refractivity contribution in [3.63, 3.8) is 0 Å². The van der Waals surface area contributed by atoms with Crippen molar-refractivity contribution in [2.75, 3.05) is 58.4 Å². The van der Waals surface area contributed by atoms with Gasteiger partial charge in [0.15, 0.2) is 6.10 Å². The van der Waals surface area contributed by atoms with Gasteiger partial charge in [0.05, 0.1) is 25.2 Å². The first kappa shape index (κ1) is 39.0. The van der Waals surface area contributed by atoms with Crippen molar-refractivity contribution in [2.24, 2.45) is 11.3 Å². The smallest absolute Gasteiger partial charge is 0.344 e. The lowest BCUT2D eigenvalue weighted by molar-refractivity contribution is -0.228. The van der Waals surface area contributed by atoms with Crippen LogP contribution in [-0.2, 0) is 52.5 Å². The number of para-hydroxylation sites is 1. The molecule has 9 atom stereocenters. The molecule has 1 spiro atoms. The average molecular weight is 793 g/mol. The number of anilines is 1. The summed E-state index contributed by atoms with van der Waals surface area (Å²) in [4.78, 5) is 50.5. The van der Waals surface area contributed by atoms with E-state index in [1.165, 1.54) is 25.2 Å². The molecule has 5 aliphatic heterocycles. The Morgan fingerprint density at radius 1 is 1.10 bits per heavy atom. The maximum Gasteiger partial charge on any atom is 0.344 e. The van der Waals surface area contributed by atoms with Crippen LogP contribution in [0.1, 0.15) is 74.4 Å². The quantitative estimate of drug-likeness (QED) is 0.124. The third kappa shape index (κ3) is 5.17. The number of aliphatic hydroxyl groups is 2. The number of benzene rings is 2. The van der Waals surface area contributed by atoms with Gasteiger partial charge in [-0.25, -0.2) is 4.79 Å². The van der Waals surface area contributed by atoms with E-state index in [0.29, 0.717) is 44.4 Å². The van der Waals surface area contributed by atoms with Gasteiger partial charge in [-0.2, -0.15) is 0 Å². The molecular formula is C46H56N4O8. The van der Waals surface area contributed by atoms with Crippen molar-refractivity contribution in [1.82, 2.24) is 14.8 Å². The molecule has 1 saturated heterocycles. The second-order valence-electron chi connectivity index (χ2n) is 17.7. The summed E-state index contributed by atoms with van der Waals surface area (Å²) in [7, 11) is 3.15. The highest BCUT2D eigenvalue weighted by Crippen LogP contribution is 2.68. The highest BCUT2D eigenvalue weighted by Gasteiger charge is 2.80. The molecule has 12 heteroatoms. The van der Waals surface area contributed by atoms with E-state index in [0.717, 1.165) is 65.9 Å². The third-order valence-corrected chi connectivity index (χ3v) is 15.1. The molecule has 308 valence electrons. The first-order valence-corrected chi connectivity index (χ1v) is 21.0. The zero-order valence-electron chi connectivity index (χ0n) is 34.3. The van der Waals surface area contributed by atoms with Gasteiger partial charge in [0.1, 0.15) is 6.61 Å². The minimum atomic E-state index is -2.27. The minimum Gasteiger partial charge on any atom is -0.467 e. The molecule has 3 unspecified atom stereocenters. The van der Waals surface area contributed by atoms with Crippen LogP contribution in [0.2, 0.25) is 0 Å². The number of nitrogens with zero attached hydrogens (tertiary/aromatic N) is 3. The van der Waals surface area contributed by atoms with Crippen LogP contribution >= 0.6 is 0 Å². The lowest BCUT2D eigenvalue weighted by atomic mass is 9.47. The van der Waals surface area contributed by atoms with Crippen LogP contribution < -0.4 is 4.90 Å². The average Bonchev–Trinajstić information content (AvgIpc) is 3.89. The number of likely N-dealkylation sites (N-methyl/N-ethyl adjacent to an activating group) is 1. The van der Waals surface area contributed by atoms with Crippen LogP contribution in [-0.4, -0.2) is 121 Å². The van der Waals surface area contributed by atoms with E-state index in [9.17, 15) is 24.6 Å². The summed E-state index contributed by atoms with van der Waals surface area (Å²) < 4.78 is 17.6. The Morgan fingerprint density at radius 3 is 2.64 bits per heavy atom. The molecular weight excluding hydrogens is 737 g/mol. The van der Waals surface area contributed by atoms with E-state index < -0.39 is 45.9 Å². The van der Waals surface area contributed by atoms with Crippen molar-refractivity contribution in [1.29, 1.82) is 0 Å². The van der Waals surface area contributed by atoms with Crippen LogP contribution in [0, 0.1) is 11.3 Å². The lowest BCUT2D eigenvalue weighted by Crippen LogP contribution is -2.81. The maximum absolute atomic E-state index is 14.4. The summed E-state index contributed by atoms with van der Waals surface area (Å²) in [5.41, 5.74) is 2.80. The number of ether oxygens (including phenoxy) is 3. The van der Waals surface area contributed by atoms with Crippen LogP contribution in [0.15, 0.2) is 60.2 Å². The Labute approximate surface area is 339 Å². The first-order valence-electron chi connectivity index (χ1n) is 21.0. The van der Waals surface area contributed by atoms with E-state index in [2.05, 4.69) is 64.2 Å². The molecule has 0 amide bonds. The van der Waals surface area contributed by atoms with Gasteiger partial charge in [0.25, 0.3) is 6.47 Å². The SMILES string of the molecule is CCC1=CC2CN(CCc3c([nH]c4ccccc34)[C@@](COC=O)(c3cc4c(cc3CO)N(C)[C@H]3C(O)(C(=O)OC)[C@H](OC(C)=O)[C@]5(CC)C=CCN6CC[C@]43[C@@H]65)C2)C1. The highest BCUT2D eigenvalue weighted by molar-refractivity contribution is 5.88. The monoisotopic (exact) mass is 792 g/mol. The Balaban J connectivity index is 1.36. The predicted molar refractivity (Wildman–Crippen MR) is 218 cm³/mol. The van der Waals surface area contributed by atoms with Gasteiger partial charge in [-0.3, -0.25) is 19.4 Å². The molecule has 3 aromatic rings. The number of aromatic amines is 1. The molecule has 3 N–H and O–H groups in total. The zero-order chi connectivity index (χ0) is 40.8. The van der Waals surface area contributed by atoms with Crippen LogP contribution in [0.3, 0.4) is 0 Å². The Morgan fingerprint density at radius 2 is 1.91 bits per heavy atom. The molecule has 1 aromatic heterocycles. The van der Waals surface area contributed by atoms with Gasteiger partial charge in [0, 0.05) is 79.3 Å². The number of methoxy groups -OCH3 is 1. The number of aliphatic hydroxyl groups excluding tert-OH is 1. The number of carbonyl (C=O) groups is 3. The summed E-state index contributed by atoms with van der Waals surface area (Å²) in [5, 5.41) is 25.9. The normalized spacial score (nSPS) is 34.8. The number of hydrogen-bond acceptors (Lipinski definition) is 11. The third-order valence-electron chi connectivity index (χ3n) is 15.1.